The molecule has 2 heterocycles. The average Bonchev–Trinajstić information content (AvgIpc) is 3.20. The van der Waals surface area contributed by atoms with E-state index in [1.807, 2.05) is 12.1 Å². The molecule has 0 aliphatic rings. The van der Waals surface area contributed by atoms with Crippen molar-refractivity contribution >= 4 is 43.6 Å². The Hall–Kier alpha value is -2.98. The summed E-state index contributed by atoms with van der Waals surface area (Å²) in [5.74, 6) is 0.858. The zero-order valence-corrected chi connectivity index (χ0v) is 13.9. The van der Waals surface area contributed by atoms with Crippen LogP contribution >= 0.6 is 0 Å². The van der Waals surface area contributed by atoms with Crippen LogP contribution in [-0.4, -0.2) is 30.3 Å². The van der Waals surface area contributed by atoms with Crippen LogP contribution in [0.25, 0.3) is 43.6 Å². The third-order valence-corrected chi connectivity index (χ3v) is 4.77. The number of benzene rings is 3. The Labute approximate surface area is 144 Å². The molecule has 0 aliphatic heterocycles. The summed E-state index contributed by atoms with van der Waals surface area (Å²) in [6.45, 7) is 1.06. The molecule has 4 nitrogen and oxygen atoms in total. The molecule has 0 fully saturated rings. The molecule has 0 spiro atoms. The number of methoxy groups -OCH3 is 1. The number of rotatable bonds is 4. The summed E-state index contributed by atoms with van der Waals surface area (Å²) in [5, 5.41) is 4.78. The van der Waals surface area contributed by atoms with Gasteiger partial charge in [-0.05, 0) is 18.2 Å². The van der Waals surface area contributed by atoms with Gasteiger partial charge < -0.3 is 19.4 Å². The quantitative estimate of drug-likeness (QED) is 0.457. The largest absolute Gasteiger partial charge is 0.487 e. The maximum Gasteiger partial charge on any atom is 0.167 e. The third-order valence-electron chi connectivity index (χ3n) is 4.77. The summed E-state index contributed by atoms with van der Waals surface area (Å²) in [6.07, 6.45) is 0. The molecule has 0 aliphatic carbocycles. The Morgan fingerprint density at radius 3 is 1.84 bits per heavy atom. The Bertz CT molecular complexity index is 1130. The number of aromatic amines is 2. The second kappa shape index (κ2) is 5.53. The van der Waals surface area contributed by atoms with E-state index in [0.29, 0.717) is 13.2 Å². The molecular formula is C21H18N2O2. The number of H-pyrrole nitrogens is 2. The fourth-order valence-corrected chi connectivity index (χ4v) is 3.63. The molecule has 2 aromatic heterocycles. The van der Waals surface area contributed by atoms with Gasteiger partial charge in [0.15, 0.2) is 5.75 Å². The molecule has 0 atom stereocenters. The number of ether oxygens (including phenoxy) is 2. The summed E-state index contributed by atoms with van der Waals surface area (Å²) in [5.41, 5.74) is 4.28. The summed E-state index contributed by atoms with van der Waals surface area (Å²) in [4.78, 5) is 7.05. The van der Waals surface area contributed by atoms with Crippen LogP contribution in [0.4, 0.5) is 0 Å². The van der Waals surface area contributed by atoms with Crippen LogP contribution in [0.1, 0.15) is 0 Å². The van der Waals surface area contributed by atoms with E-state index >= 15 is 0 Å². The van der Waals surface area contributed by atoms with Crippen LogP contribution in [-0.2, 0) is 4.74 Å². The van der Waals surface area contributed by atoms with Gasteiger partial charge in [-0.15, -0.1) is 0 Å². The highest BCUT2D eigenvalue weighted by Crippen LogP contribution is 2.40. The maximum absolute atomic E-state index is 6.14. The second-order valence-corrected chi connectivity index (χ2v) is 6.23. The molecule has 0 radical (unpaired) electrons. The van der Waals surface area contributed by atoms with E-state index in [4.69, 9.17) is 9.47 Å². The monoisotopic (exact) mass is 330 g/mol. The van der Waals surface area contributed by atoms with Gasteiger partial charge in [-0.1, -0.05) is 36.4 Å². The van der Waals surface area contributed by atoms with Crippen molar-refractivity contribution in [3.63, 3.8) is 0 Å². The molecule has 4 heteroatoms. The Balaban J connectivity index is 1.90. The van der Waals surface area contributed by atoms with Gasteiger partial charge >= 0.3 is 0 Å². The highest BCUT2D eigenvalue weighted by atomic mass is 16.5. The number of fused-ring (bicyclic) bond motifs is 6. The highest BCUT2D eigenvalue weighted by Gasteiger charge is 2.17. The third kappa shape index (κ3) is 2.11. The van der Waals surface area contributed by atoms with Gasteiger partial charge in [0, 0.05) is 39.7 Å². The fraction of sp³-hybridized carbons (Fsp3) is 0.143. The zero-order chi connectivity index (χ0) is 16.8. The van der Waals surface area contributed by atoms with E-state index in [1.165, 1.54) is 21.5 Å². The molecular weight excluding hydrogens is 312 g/mol. The summed E-state index contributed by atoms with van der Waals surface area (Å²) in [7, 11) is 1.69. The van der Waals surface area contributed by atoms with Crippen molar-refractivity contribution in [2.45, 2.75) is 0 Å². The molecule has 0 unspecified atom stereocenters. The van der Waals surface area contributed by atoms with Gasteiger partial charge in [0.2, 0.25) is 0 Å². The molecule has 5 aromatic rings. The lowest BCUT2D eigenvalue weighted by Gasteiger charge is -2.08. The predicted octanol–water partition coefficient (Wildman–Crippen LogP) is 4.98. The van der Waals surface area contributed by atoms with Crippen LogP contribution in [0.5, 0.6) is 5.75 Å². The normalized spacial score (nSPS) is 11.9. The van der Waals surface area contributed by atoms with Crippen LogP contribution in [0.2, 0.25) is 0 Å². The lowest BCUT2D eigenvalue weighted by Crippen LogP contribution is -2.05. The first kappa shape index (κ1) is 14.4. The summed E-state index contributed by atoms with van der Waals surface area (Å²) < 4.78 is 11.3. The Morgan fingerprint density at radius 2 is 1.28 bits per heavy atom. The average molecular weight is 330 g/mol. The molecule has 5 rings (SSSR count). The standard InChI is InChI=1S/C21H18N2O2/c1-24-10-11-25-21-19-15(13-6-2-4-8-17(13)22-19)12-16-14-7-3-5-9-18(14)23-20(16)21/h2-9,12,22-23H,10-11H2,1H3. The van der Waals surface area contributed by atoms with E-state index in [1.54, 1.807) is 7.11 Å². The van der Waals surface area contributed by atoms with Crippen LogP contribution in [0.3, 0.4) is 0 Å². The van der Waals surface area contributed by atoms with Crippen LogP contribution in [0, 0.1) is 0 Å². The van der Waals surface area contributed by atoms with Crippen LogP contribution in [0.15, 0.2) is 54.6 Å². The number of nitrogens with one attached hydrogen (secondary N) is 2. The molecule has 0 amide bonds. The maximum atomic E-state index is 6.14. The lowest BCUT2D eigenvalue weighted by atomic mass is 10.1. The first-order chi connectivity index (χ1) is 12.4. The topological polar surface area (TPSA) is 50.0 Å². The SMILES string of the molecule is COCCOc1c2[nH]c3ccccc3c2cc2c1[nH]c1ccccc12. The molecule has 2 N–H and O–H groups in total. The van der Waals surface area contributed by atoms with Crippen LogP contribution < -0.4 is 4.74 Å². The van der Waals surface area contributed by atoms with Gasteiger partial charge in [-0.3, -0.25) is 0 Å². The van der Waals surface area contributed by atoms with E-state index in [-0.39, 0.29) is 0 Å². The first-order valence-corrected chi connectivity index (χ1v) is 8.42. The first-order valence-electron chi connectivity index (χ1n) is 8.42. The van der Waals surface area contributed by atoms with Gasteiger partial charge in [0.05, 0.1) is 17.6 Å². The van der Waals surface area contributed by atoms with Crippen molar-refractivity contribution in [2.75, 3.05) is 20.3 Å². The fourth-order valence-electron chi connectivity index (χ4n) is 3.63. The van der Waals surface area contributed by atoms with Crippen molar-refractivity contribution in [2.24, 2.45) is 0 Å². The van der Waals surface area contributed by atoms with Crippen molar-refractivity contribution in [3.8, 4) is 5.75 Å². The zero-order valence-electron chi connectivity index (χ0n) is 13.9. The highest BCUT2D eigenvalue weighted by molar-refractivity contribution is 6.20. The van der Waals surface area contributed by atoms with Gasteiger partial charge in [0.1, 0.15) is 6.61 Å². The summed E-state index contributed by atoms with van der Waals surface area (Å²) >= 11 is 0. The minimum absolute atomic E-state index is 0.509. The van der Waals surface area contributed by atoms with Crippen molar-refractivity contribution in [3.05, 3.63) is 54.6 Å². The number of para-hydroxylation sites is 2. The Kier molecular flexibility index (Phi) is 3.18. The number of hydrogen-bond acceptors (Lipinski definition) is 2. The minimum Gasteiger partial charge on any atom is -0.487 e. The van der Waals surface area contributed by atoms with E-state index < -0.39 is 0 Å². The number of aromatic nitrogens is 2. The lowest BCUT2D eigenvalue weighted by molar-refractivity contribution is 0.148. The predicted molar refractivity (Wildman–Crippen MR) is 103 cm³/mol. The minimum atomic E-state index is 0.509. The van der Waals surface area contributed by atoms with E-state index in [2.05, 4.69) is 52.4 Å². The molecule has 0 saturated carbocycles. The van der Waals surface area contributed by atoms with Gasteiger partial charge in [0.25, 0.3) is 0 Å². The smallest absolute Gasteiger partial charge is 0.167 e. The summed E-state index contributed by atoms with van der Waals surface area (Å²) in [6, 6.07) is 19.0. The molecule has 3 aromatic carbocycles. The molecule has 0 saturated heterocycles. The van der Waals surface area contributed by atoms with Gasteiger partial charge in [-0.25, -0.2) is 0 Å². The molecule has 0 bridgehead atoms. The second-order valence-electron chi connectivity index (χ2n) is 6.23. The molecule has 124 valence electrons. The van der Waals surface area contributed by atoms with Crippen molar-refractivity contribution in [1.82, 2.24) is 9.97 Å². The van der Waals surface area contributed by atoms with E-state index in [9.17, 15) is 0 Å². The van der Waals surface area contributed by atoms with Gasteiger partial charge in [-0.2, -0.15) is 0 Å². The van der Waals surface area contributed by atoms with Crippen molar-refractivity contribution in [1.29, 1.82) is 0 Å². The van der Waals surface area contributed by atoms with E-state index in [0.717, 1.165) is 27.8 Å². The van der Waals surface area contributed by atoms with Crippen molar-refractivity contribution < 1.29 is 9.47 Å². The Morgan fingerprint density at radius 1 is 0.720 bits per heavy atom. The molecule has 25 heavy (non-hydrogen) atoms. The number of hydrogen-bond donors (Lipinski definition) is 2.